The number of hydrogen-bond acceptors (Lipinski definition) is 4. The number of aliphatic carboxylic acids is 2. The molecule has 0 amide bonds. The van der Waals surface area contributed by atoms with E-state index in [0.717, 1.165) is 6.07 Å². The lowest BCUT2D eigenvalue weighted by Gasteiger charge is -1.95. The fraction of sp³-hybridized carbons (Fsp3) is 0.231. The zero-order valence-corrected chi connectivity index (χ0v) is 10.9. The Balaban J connectivity index is 0.000000400. The minimum Gasteiger partial charge on any atom is -0.481 e. The van der Waals surface area contributed by atoms with Gasteiger partial charge < -0.3 is 20.4 Å². The van der Waals surface area contributed by atoms with Crippen LogP contribution in [0.4, 0.5) is 0 Å². The number of carboxylic acid groups (broad SMARTS) is 4. The molecule has 1 aromatic rings. The lowest BCUT2D eigenvalue weighted by molar-refractivity contribution is -0.138. The van der Waals surface area contributed by atoms with E-state index in [2.05, 4.69) is 0 Å². The molecule has 0 heterocycles. The second-order valence-corrected chi connectivity index (χ2v) is 3.83. The van der Waals surface area contributed by atoms with Crippen LogP contribution in [-0.4, -0.2) is 44.3 Å². The minimum absolute atomic E-state index is 0.0186. The Bertz CT molecular complexity index is 491. The number of aromatic carboxylic acids is 2. The number of hydrogen-bond donors (Lipinski definition) is 4. The molecule has 0 bridgehead atoms. The van der Waals surface area contributed by atoms with Crippen LogP contribution in [-0.2, 0) is 9.59 Å². The Morgan fingerprint density at radius 2 is 1.14 bits per heavy atom. The predicted octanol–water partition coefficient (Wildman–Crippen LogP) is 1.41. The number of benzene rings is 1. The maximum Gasteiger partial charge on any atom is 0.335 e. The van der Waals surface area contributed by atoms with E-state index in [1.54, 1.807) is 0 Å². The van der Waals surface area contributed by atoms with Crippen molar-refractivity contribution in [2.45, 2.75) is 19.3 Å². The summed E-state index contributed by atoms with van der Waals surface area (Å²) >= 11 is 0. The summed E-state index contributed by atoms with van der Waals surface area (Å²) in [6.45, 7) is 0. The van der Waals surface area contributed by atoms with Crippen LogP contribution in [0.5, 0.6) is 0 Å². The fourth-order valence-electron chi connectivity index (χ4n) is 1.18. The van der Waals surface area contributed by atoms with E-state index in [1.807, 2.05) is 0 Å². The number of rotatable bonds is 6. The van der Waals surface area contributed by atoms with Crippen molar-refractivity contribution in [3.63, 3.8) is 0 Å². The maximum absolute atomic E-state index is 10.4. The lowest BCUT2D eigenvalue weighted by atomic mass is 10.1. The largest absolute Gasteiger partial charge is 0.481 e. The molecule has 8 nitrogen and oxygen atoms in total. The molecule has 8 heteroatoms. The fourth-order valence-corrected chi connectivity index (χ4v) is 1.18. The zero-order valence-electron chi connectivity index (χ0n) is 10.9. The molecular weight excluding hydrogens is 284 g/mol. The molecule has 0 fully saturated rings. The monoisotopic (exact) mass is 298 g/mol. The van der Waals surface area contributed by atoms with Crippen LogP contribution < -0.4 is 0 Å². The highest BCUT2D eigenvalue weighted by molar-refractivity contribution is 5.93. The second-order valence-electron chi connectivity index (χ2n) is 3.83. The zero-order chi connectivity index (χ0) is 16.4. The molecule has 114 valence electrons. The van der Waals surface area contributed by atoms with Gasteiger partial charge in [0.05, 0.1) is 11.1 Å². The summed E-state index contributed by atoms with van der Waals surface area (Å²) in [5.41, 5.74) is -0.0372. The van der Waals surface area contributed by atoms with Crippen LogP contribution in [0.25, 0.3) is 0 Å². The van der Waals surface area contributed by atoms with Crippen molar-refractivity contribution in [3.8, 4) is 0 Å². The topological polar surface area (TPSA) is 149 Å². The molecule has 21 heavy (non-hydrogen) atoms. The Hall–Kier alpha value is -2.90. The first-order valence-corrected chi connectivity index (χ1v) is 5.74. The van der Waals surface area contributed by atoms with Gasteiger partial charge in [0.25, 0.3) is 0 Å². The van der Waals surface area contributed by atoms with Crippen LogP contribution in [0.15, 0.2) is 24.3 Å². The van der Waals surface area contributed by atoms with Crippen LogP contribution in [0, 0.1) is 0 Å². The van der Waals surface area contributed by atoms with Gasteiger partial charge in [-0.25, -0.2) is 9.59 Å². The summed E-state index contributed by atoms with van der Waals surface area (Å²) in [5.74, 6) is -4.15. The highest BCUT2D eigenvalue weighted by atomic mass is 16.4. The number of carboxylic acids is 4. The standard InChI is InChI=1S/C8H6O4.C5H8O4/c9-7(10)5-2-1-3-6(4-5)8(11)12;6-4(7)2-1-3-5(8)9/h1-4H,(H,9,10)(H,11,12);1-3H2,(H,6,7)(H,8,9). The van der Waals surface area contributed by atoms with Crippen molar-refractivity contribution in [2.75, 3.05) is 0 Å². The summed E-state index contributed by atoms with van der Waals surface area (Å²) < 4.78 is 0. The van der Waals surface area contributed by atoms with E-state index in [9.17, 15) is 19.2 Å². The van der Waals surface area contributed by atoms with Crippen LogP contribution >= 0.6 is 0 Å². The molecule has 0 saturated carbocycles. The molecule has 4 N–H and O–H groups in total. The van der Waals surface area contributed by atoms with Gasteiger partial charge in [-0.05, 0) is 24.6 Å². The van der Waals surface area contributed by atoms with Crippen LogP contribution in [0.1, 0.15) is 40.0 Å². The van der Waals surface area contributed by atoms with Crippen molar-refractivity contribution < 1.29 is 39.6 Å². The van der Waals surface area contributed by atoms with Crippen molar-refractivity contribution in [1.82, 2.24) is 0 Å². The summed E-state index contributed by atoms with van der Waals surface area (Å²) in [5, 5.41) is 33.1. The van der Waals surface area contributed by atoms with Crippen molar-refractivity contribution in [2.24, 2.45) is 0 Å². The molecule has 1 rings (SSSR count). The van der Waals surface area contributed by atoms with Gasteiger partial charge in [-0.1, -0.05) is 6.07 Å². The molecular formula is C13H14O8. The quantitative estimate of drug-likeness (QED) is 0.615. The predicted molar refractivity (Wildman–Crippen MR) is 69.5 cm³/mol. The van der Waals surface area contributed by atoms with Gasteiger partial charge in [-0.15, -0.1) is 0 Å². The molecule has 0 aromatic heterocycles. The molecule has 0 aliphatic heterocycles. The first-order valence-electron chi connectivity index (χ1n) is 5.74. The SMILES string of the molecule is O=C(O)CCCC(=O)O.O=C(O)c1cccc(C(=O)O)c1. The average molecular weight is 298 g/mol. The van der Waals surface area contributed by atoms with Gasteiger partial charge >= 0.3 is 23.9 Å². The van der Waals surface area contributed by atoms with Crippen molar-refractivity contribution >= 4 is 23.9 Å². The Kier molecular flexibility index (Phi) is 7.82. The first-order chi connectivity index (χ1) is 9.73. The minimum atomic E-state index is -1.13. The molecule has 1 aromatic carbocycles. The normalized spacial score (nSPS) is 9.14. The third kappa shape index (κ3) is 8.76. The molecule has 0 unspecified atom stereocenters. The van der Waals surface area contributed by atoms with E-state index in [0.29, 0.717) is 0 Å². The van der Waals surface area contributed by atoms with Crippen molar-refractivity contribution in [3.05, 3.63) is 35.4 Å². The molecule has 0 aliphatic rings. The number of carbonyl (C=O) groups is 4. The Labute approximate surface area is 119 Å². The first kappa shape index (κ1) is 18.1. The third-order valence-corrected chi connectivity index (χ3v) is 2.14. The van der Waals surface area contributed by atoms with E-state index in [1.165, 1.54) is 18.2 Å². The Morgan fingerprint density at radius 1 is 0.762 bits per heavy atom. The molecule has 0 radical (unpaired) electrons. The van der Waals surface area contributed by atoms with Gasteiger partial charge in [-0.2, -0.15) is 0 Å². The molecule has 0 atom stereocenters. The van der Waals surface area contributed by atoms with E-state index >= 15 is 0 Å². The van der Waals surface area contributed by atoms with E-state index in [-0.39, 0.29) is 30.4 Å². The van der Waals surface area contributed by atoms with Crippen molar-refractivity contribution in [1.29, 1.82) is 0 Å². The lowest BCUT2D eigenvalue weighted by Crippen LogP contribution is -2.01. The Morgan fingerprint density at radius 3 is 1.43 bits per heavy atom. The molecule has 0 spiro atoms. The molecule has 0 aliphatic carbocycles. The van der Waals surface area contributed by atoms with Gasteiger partial charge in [0.1, 0.15) is 0 Å². The van der Waals surface area contributed by atoms with Crippen LogP contribution in [0.2, 0.25) is 0 Å². The molecule has 0 saturated heterocycles. The van der Waals surface area contributed by atoms with Gasteiger partial charge in [-0.3, -0.25) is 9.59 Å². The summed E-state index contributed by atoms with van der Waals surface area (Å²) in [6.07, 6.45) is 0.0866. The van der Waals surface area contributed by atoms with Gasteiger partial charge in [0.15, 0.2) is 0 Å². The smallest absolute Gasteiger partial charge is 0.335 e. The van der Waals surface area contributed by atoms with Crippen LogP contribution in [0.3, 0.4) is 0 Å². The average Bonchev–Trinajstić information content (AvgIpc) is 2.38. The summed E-state index contributed by atoms with van der Waals surface area (Å²) in [4.78, 5) is 40.3. The summed E-state index contributed by atoms with van der Waals surface area (Å²) in [6, 6.07) is 5.20. The second kappa shape index (κ2) is 9.08. The third-order valence-electron chi connectivity index (χ3n) is 2.14. The van der Waals surface area contributed by atoms with Gasteiger partial charge in [0, 0.05) is 12.8 Å². The van der Waals surface area contributed by atoms with Gasteiger partial charge in [0.2, 0.25) is 0 Å². The maximum atomic E-state index is 10.4. The highest BCUT2D eigenvalue weighted by Crippen LogP contribution is 2.04. The van der Waals surface area contributed by atoms with E-state index in [4.69, 9.17) is 20.4 Å². The van der Waals surface area contributed by atoms with E-state index < -0.39 is 23.9 Å². The highest BCUT2D eigenvalue weighted by Gasteiger charge is 2.06. The summed E-state index contributed by atoms with van der Waals surface area (Å²) in [7, 11) is 0.